The number of nitrogens with zero attached hydrogens (tertiary/aromatic N) is 4. The van der Waals surface area contributed by atoms with E-state index in [4.69, 9.17) is 9.15 Å². The van der Waals surface area contributed by atoms with Crippen molar-refractivity contribution in [3.63, 3.8) is 0 Å². The molecule has 180 valence electrons. The molecular formula is C25H24FN5O4. The normalized spacial score (nSPS) is 18.3. The molecule has 2 aliphatic rings. The molecule has 0 radical (unpaired) electrons. The molecule has 1 atom stereocenters. The first kappa shape index (κ1) is 21.8. The average molecular weight is 477 g/mol. The predicted octanol–water partition coefficient (Wildman–Crippen LogP) is 2.58. The van der Waals surface area contributed by atoms with Gasteiger partial charge in [-0.1, -0.05) is 6.07 Å². The maximum Gasteiger partial charge on any atom is 0.419 e. The molecule has 1 N–H and O–H groups in total. The standard InChI is InChI=1S/C25H24FN5O4/c1-14-17(3-4-18-19(14)13-34-24(18)32)21-12-30(6-5-27-21)10-15-9-28-31(11-15)16-7-20(26)23-22(8-16)29(2)25(33)35-23/h3-4,7-9,11,21,27H,5-6,10,12-13H2,1-2H3/t21-/m0/s1. The summed E-state index contributed by atoms with van der Waals surface area (Å²) in [5.74, 6) is -1.46. The molecule has 0 amide bonds. The molecule has 0 bridgehead atoms. The van der Waals surface area contributed by atoms with E-state index in [0.717, 1.165) is 36.3 Å². The minimum atomic E-state index is -0.608. The summed E-state index contributed by atoms with van der Waals surface area (Å²) < 4.78 is 27.6. The zero-order chi connectivity index (χ0) is 24.3. The van der Waals surface area contributed by atoms with Crippen molar-refractivity contribution in [1.82, 2.24) is 24.6 Å². The molecule has 1 fully saturated rings. The number of hydrogen-bond donors (Lipinski definition) is 1. The second-order valence-electron chi connectivity index (χ2n) is 9.12. The molecule has 0 aliphatic carbocycles. The maximum absolute atomic E-state index is 14.5. The average Bonchev–Trinajstić information content (AvgIpc) is 3.54. The molecule has 6 rings (SSSR count). The maximum atomic E-state index is 14.5. The van der Waals surface area contributed by atoms with Crippen LogP contribution in [-0.4, -0.2) is 44.9 Å². The number of benzene rings is 2. The lowest BCUT2D eigenvalue weighted by Crippen LogP contribution is -2.45. The number of oxazole rings is 1. The highest BCUT2D eigenvalue weighted by molar-refractivity contribution is 5.94. The van der Waals surface area contributed by atoms with Crippen LogP contribution in [-0.2, 0) is 24.9 Å². The Kier molecular flexibility index (Phi) is 5.08. The van der Waals surface area contributed by atoms with Gasteiger partial charge in [0.25, 0.3) is 0 Å². The molecule has 0 spiro atoms. The number of carbonyl (C=O) groups is 1. The van der Waals surface area contributed by atoms with Gasteiger partial charge in [0.2, 0.25) is 0 Å². The molecule has 2 aromatic carbocycles. The molecule has 1 saturated heterocycles. The van der Waals surface area contributed by atoms with Crippen LogP contribution < -0.4 is 11.1 Å². The van der Waals surface area contributed by atoms with Crippen molar-refractivity contribution in [2.45, 2.75) is 26.1 Å². The van der Waals surface area contributed by atoms with Crippen molar-refractivity contribution in [1.29, 1.82) is 0 Å². The van der Waals surface area contributed by atoms with E-state index in [0.29, 0.717) is 29.9 Å². The minimum absolute atomic E-state index is 0.0572. The van der Waals surface area contributed by atoms with Crippen LogP contribution in [0.5, 0.6) is 0 Å². The molecule has 4 heterocycles. The Labute approximate surface area is 199 Å². The van der Waals surface area contributed by atoms with Gasteiger partial charge in [0.15, 0.2) is 11.4 Å². The van der Waals surface area contributed by atoms with Crippen LogP contribution in [0, 0.1) is 12.7 Å². The summed E-state index contributed by atoms with van der Waals surface area (Å²) in [6.07, 6.45) is 3.65. The Morgan fingerprint density at radius 3 is 2.97 bits per heavy atom. The molecule has 2 aliphatic heterocycles. The highest BCUT2D eigenvalue weighted by atomic mass is 19.1. The number of halogens is 1. The van der Waals surface area contributed by atoms with Crippen LogP contribution in [0.3, 0.4) is 0 Å². The lowest BCUT2D eigenvalue weighted by atomic mass is 9.93. The van der Waals surface area contributed by atoms with Crippen molar-refractivity contribution in [2.24, 2.45) is 7.05 Å². The highest BCUT2D eigenvalue weighted by Gasteiger charge is 2.28. The van der Waals surface area contributed by atoms with Gasteiger partial charge in [0.05, 0.1) is 23.0 Å². The van der Waals surface area contributed by atoms with E-state index >= 15 is 0 Å². The van der Waals surface area contributed by atoms with Gasteiger partial charge in [0, 0.05) is 62.7 Å². The van der Waals surface area contributed by atoms with Crippen molar-refractivity contribution < 1.29 is 18.3 Å². The fraction of sp³-hybridized carbons (Fsp3) is 0.320. The number of aromatic nitrogens is 3. The van der Waals surface area contributed by atoms with Crippen molar-refractivity contribution >= 4 is 17.1 Å². The smallest absolute Gasteiger partial charge is 0.419 e. The third-order valence-electron chi connectivity index (χ3n) is 6.98. The van der Waals surface area contributed by atoms with E-state index in [1.54, 1.807) is 24.0 Å². The number of nitrogens with one attached hydrogen (secondary N) is 1. The first-order valence-corrected chi connectivity index (χ1v) is 11.5. The lowest BCUT2D eigenvalue weighted by Gasteiger charge is -2.34. The second-order valence-corrected chi connectivity index (χ2v) is 9.12. The van der Waals surface area contributed by atoms with Gasteiger partial charge in [-0.3, -0.25) is 9.47 Å². The molecule has 35 heavy (non-hydrogen) atoms. The van der Waals surface area contributed by atoms with Crippen LogP contribution >= 0.6 is 0 Å². The van der Waals surface area contributed by atoms with Crippen molar-refractivity contribution in [3.05, 3.63) is 80.8 Å². The third-order valence-corrected chi connectivity index (χ3v) is 6.98. The summed E-state index contributed by atoms with van der Waals surface area (Å²) in [7, 11) is 1.54. The van der Waals surface area contributed by atoms with E-state index in [1.807, 2.05) is 25.3 Å². The summed E-state index contributed by atoms with van der Waals surface area (Å²) in [5.41, 5.74) is 5.76. The Bertz CT molecular complexity index is 1530. The van der Waals surface area contributed by atoms with Crippen LogP contribution in [0.15, 0.2) is 45.9 Å². The van der Waals surface area contributed by atoms with E-state index < -0.39 is 11.6 Å². The second kappa shape index (κ2) is 8.17. The van der Waals surface area contributed by atoms with Gasteiger partial charge in [-0.2, -0.15) is 5.10 Å². The van der Waals surface area contributed by atoms with E-state index in [2.05, 4.69) is 15.3 Å². The van der Waals surface area contributed by atoms with Gasteiger partial charge in [-0.05, 0) is 30.2 Å². The first-order chi connectivity index (χ1) is 16.9. The topological polar surface area (TPSA) is 94.5 Å². The van der Waals surface area contributed by atoms with Crippen LogP contribution in [0.4, 0.5) is 4.39 Å². The van der Waals surface area contributed by atoms with Gasteiger partial charge < -0.3 is 14.5 Å². The Hall–Kier alpha value is -3.76. The number of piperazine rings is 1. The van der Waals surface area contributed by atoms with E-state index in [9.17, 15) is 14.0 Å². The summed E-state index contributed by atoms with van der Waals surface area (Å²) in [4.78, 5) is 26.0. The van der Waals surface area contributed by atoms with E-state index in [-0.39, 0.29) is 17.6 Å². The number of carbonyl (C=O) groups excluding carboxylic acids is 1. The quantitative estimate of drug-likeness (QED) is 0.452. The molecular weight excluding hydrogens is 453 g/mol. The minimum Gasteiger partial charge on any atom is -0.457 e. The zero-order valence-electron chi connectivity index (χ0n) is 19.4. The van der Waals surface area contributed by atoms with Gasteiger partial charge in [-0.15, -0.1) is 0 Å². The lowest BCUT2D eigenvalue weighted by molar-refractivity contribution is 0.0535. The van der Waals surface area contributed by atoms with Gasteiger partial charge >= 0.3 is 11.7 Å². The number of cyclic esters (lactones) is 1. The zero-order valence-corrected chi connectivity index (χ0v) is 19.4. The van der Waals surface area contributed by atoms with Crippen LogP contribution in [0.25, 0.3) is 16.8 Å². The van der Waals surface area contributed by atoms with Crippen LogP contribution in [0.2, 0.25) is 0 Å². The number of ether oxygens (including phenoxy) is 1. The summed E-state index contributed by atoms with van der Waals surface area (Å²) in [6, 6.07) is 7.02. The molecule has 10 heteroatoms. The predicted molar refractivity (Wildman–Crippen MR) is 125 cm³/mol. The number of fused-ring (bicyclic) bond motifs is 2. The largest absolute Gasteiger partial charge is 0.457 e. The molecule has 2 aromatic heterocycles. The SMILES string of the molecule is Cc1c([C@@H]2CN(Cc3cnn(-c4cc(F)c5oc(=O)n(C)c5c4)c3)CCN2)ccc2c1COC2=O. The van der Waals surface area contributed by atoms with Gasteiger partial charge in [0.1, 0.15) is 6.61 Å². The van der Waals surface area contributed by atoms with Crippen LogP contribution in [0.1, 0.15) is 38.7 Å². The number of hydrogen-bond acceptors (Lipinski definition) is 7. The van der Waals surface area contributed by atoms with Gasteiger partial charge in [-0.25, -0.2) is 18.7 Å². The van der Waals surface area contributed by atoms with E-state index in [1.165, 1.54) is 16.2 Å². The van der Waals surface area contributed by atoms with Crippen molar-refractivity contribution in [2.75, 3.05) is 19.6 Å². The Balaban J connectivity index is 1.21. The third kappa shape index (κ3) is 3.65. The molecule has 9 nitrogen and oxygen atoms in total. The highest BCUT2D eigenvalue weighted by Crippen LogP contribution is 2.30. The fourth-order valence-electron chi connectivity index (χ4n) is 5.05. The summed E-state index contributed by atoms with van der Waals surface area (Å²) in [5, 5.41) is 8.01. The monoisotopic (exact) mass is 477 g/mol. The molecule has 4 aromatic rings. The molecule has 0 saturated carbocycles. The number of rotatable bonds is 4. The van der Waals surface area contributed by atoms with Crippen molar-refractivity contribution in [3.8, 4) is 5.69 Å². The fourth-order valence-corrected chi connectivity index (χ4v) is 5.05. The molecule has 0 unspecified atom stereocenters. The number of aryl methyl sites for hydroxylation is 1. The Morgan fingerprint density at radius 2 is 2.11 bits per heavy atom. The summed E-state index contributed by atoms with van der Waals surface area (Å²) in [6.45, 7) is 5.59. The Morgan fingerprint density at radius 1 is 1.26 bits per heavy atom. The number of esters is 1. The first-order valence-electron chi connectivity index (χ1n) is 11.5. The summed E-state index contributed by atoms with van der Waals surface area (Å²) >= 11 is 0.